The molecule has 4 rings (SSSR count). The van der Waals surface area contributed by atoms with Gasteiger partial charge in [0.2, 0.25) is 5.91 Å². The van der Waals surface area contributed by atoms with Crippen LogP contribution < -0.4 is 5.56 Å². The van der Waals surface area contributed by atoms with Gasteiger partial charge in [-0.25, -0.2) is 4.98 Å². The minimum absolute atomic E-state index is 0.0444. The number of aryl methyl sites for hydroxylation is 1. The number of hydrogen-bond donors (Lipinski definition) is 1. The molecule has 1 aromatic carbocycles. The summed E-state index contributed by atoms with van der Waals surface area (Å²) in [7, 11) is 0. The summed E-state index contributed by atoms with van der Waals surface area (Å²) in [5, 5.41) is 12.3. The van der Waals surface area contributed by atoms with Crippen LogP contribution in [0.25, 0.3) is 10.9 Å². The lowest BCUT2D eigenvalue weighted by atomic mass is 9.65. The van der Waals surface area contributed by atoms with Crippen molar-refractivity contribution < 1.29 is 23.1 Å². The summed E-state index contributed by atoms with van der Waals surface area (Å²) in [5.74, 6) is -1.69. The van der Waals surface area contributed by atoms with Crippen LogP contribution in [0.2, 0.25) is 0 Å². The largest absolute Gasteiger partial charge is 0.389 e. The monoisotopic (exact) mass is 465 g/mol. The number of aliphatic hydroxyl groups is 1. The van der Waals surface area contributed by atoms with Crippen LogP contribution in [0.1, 0.15) is 51.0 Å². The van der Waals surface area contributed by atoms with Crippen LogP contribution in [-0.4, -0.2) is 50.3 Å². The molecule has 2 aromatic rings. The van der Waals surface area contributed by atoms with Gasteiger partial charge < -0.3 is 10.0 Å². The summed E-state index contributed by atoms with van der Waals surface area (Å²) in [5.41, 5.74) is -0.554. The van der Waals surface area contributed by atoms with Crippen molar-refractivity contribution >= 4 is 16.8 Å². The van der Waals surface area contributed by atoms with Crippen molar-refractivity contribution in [2.45, 2.75) is 70.7 Å². The van der Waals surface area contributed by atoms with Gasteiger partial charge >= 0.3 is 6.18 Å². The lowest BCUT2D eigenvalue weighted by molar-refractivity contribution is -0.172. The Morgan fingerprint density at radius 2 is 1.94 bits per heavy atom. The van der Waals surface area contributed by atoms with E-state index < -0.39 is 35.4 Å². The van der Waals surface area contributed by atoms with E-state index in [2.05, 4.69) is 4.98 Å². The normalized spacial score (nSPS) is 23.9. The number of likely N-dealkylation sites (tertiary alicyclic amines) is 1. The first-order valence-corrected chi connectivity index (χ1v) is 11.5. The standard InChI is InChI=1S/C24H30F3N3O3/c1-16-5-6-18-19(11-16)28-15-30(21(18)32)14-23(33)9-10-29(13-22(23)7-3-4-8-22)20(31)17(2)12-24(25,26)27/h5-6,11,15,17,33H,3-4,7-10,12-14H2,1-2H3/t17-,23?/m1/s1. The summed E-state index contributed by atoms with van der Waals surface area (Å²) in [6, 6.07) is 5.41. The van der Waals surface area contributed by atoms with Gasteiger partial charge in [0.15, 0.2) is 0 Å². The molecule has 0 radical (unpaired) electrons. The second kappa shape index (κ2) is 8.42. The number of hydrogen-bond acceptors (Lipinski definition) is 4. The molecule has 2 fully saturated rings. The second-order valence-corrected chi connectivity index (χ2v) is 9.95. The number of carbonyl (C=O) groups excluding carboxylic acids is 1. The Hall–Kier alpha value is -2.42. The smallest absolute Gasteiger partial charge is 0.387 e. The van der Waals surface area contributed by atoms with E-state index in [1.165, 1.54) is 22.7 Å². The summed E-state index contributed by atoms with van der Waals surface area (Å²) >= 11 is 0. The zero-order valence-corrected chi connectivity index (χ0v) is 19.0. The number of piperidine rings is 1. The van der Waals surface area contributed by atoms with Crippen LogP contribution in [0.5, 0.6) is 0 Å². The molecule has 2 aliphatic rings. The van der Waals surface area contributed by atoms with Gasteiger partial charge in [0.25, 0.3) is 5.56 Å². The Labute approximate surface area is 190 Å². The topological polar surface area (TPSA) is 75.4 Å². The van der Waals surface area contributed by atoms with Crippen LogP contribution >= 0.6 is 0 Å². The molecule has 1 saturated carbocycles. The summed E-state index contributed by atoms with van der Waals surface area (Å²) in [4.78, 5) is 31.8. The molecule has 2 atom stereocenters. The molecule has 1 aliphatic carbocycles. The Balaban J connectivity index is 1.60. The third-order valence-electron chi connectivity index (χ3n) is 7.52. The Morgan fingerprint density at radius 3 is 2.61 bits per heavy atom. The molecular weight excluding hydrogens is 435 g/mol. The van der Waals surface area contributed by atoms with Crippen molar-refractivity contribution in [3.63, 3.8) is 0 Å². The predicted octanol–water partition coefficient (Wildman–Crippen LogP) is 3.82. The zero-order chi connectivity index (χ0) is 24.0. The molecule has 9 heteroatoms. The highest BCUT2D eigenvalue weighted by Crippen LogP contribution is 2.51. The highest BCUT2D eigenvalue weighted by Gasteiger charge is 2.56. The molecular formula is C24H30F3N3O3. The molecule has 1 amide bonds. The number of rotatable bonds is 4. The number of carbonyl (C=O) groups is 1. The number of alkyl halides is 3. The second-order valence-electron chi connectivity index (χ2n) is 9.95. The molecule has 1 aromatic heterocycles. The number of amides is 1. The Morgan fingerprint density at radius 1 is 1.24 bits per heavy atom. The Bertz CT molecular complexity index is 1110. The molecule has 1 spiro atoms. The first-order chi connectivity index (χ1) is 15.4. The average Bonchev–Trinajstić information content (AvgIpc) is 3.20. The Kier molecular flexibility index (Phi) is 6.05. The maximum atomic E-state index is 13.1. The van der Waals surface area contributed by atoms with Crippen LogP contribution in [0, 0.1) is 18.3 Å². The van der Waals surface area contributed by atoms with E-state index in [1.807, 2.05) is 19.1 Å². The summed E-state index contributed by atoms with van der Waals surface area (Å²) < 4.78 is 39.9. The van der Waals surface area contributed by atoms with Crippen LogP contribution in [-0.2, 0) is 11.3 Å². The number of aromatic nitrogens is 2. The van der Waals surface area contributed by atoms with Crippen molar-refractivity contribution in [2.24, 2.45) is 11.3 Å². The van der Waals surface area contributed by atoms with Crippen molar-refractivity contribution in [1.82, 2.24) is 14.5 Å². The van der Waals surface area contributed by atoms with E-state index in [0.717, 1.165) is 18.4 Å². The van der Waals surface area contributed by atoms with E-state index in [4.69, 9.17) is 0 Å². The van der Waals surface area contributed by atoms with Crippen LogP contribution in [0.15, 0.2) is 29.3 Å². The molecule has 1 aliphatic heterocycles. The van der Waals surface area contributed by atoms with E-state index in [-0.39, 0.29) is 31.6 Å². The van der Waals surface area contributed by atoms with E-state index in [0.29, 0.717) is 23.7 Å². The SMILES string of the molecule is Cc1ccc2c(=O)n(CC3(O)CCN(C(=O)[C@H](C)CC(F)(F)F)CC34CCCC4)cnc2c1. The van der Waals surface area contributed by atoms with Gasteiger partial charge in [0, 0.05) is 24.4 Å². The number of benzene rings is 1. The van der Waals surface area contributed by atoms with Gasteiger partial charge in [-0.2, -0.15) is 13.2 Å². The van der Waals surface area contributed by atoms with Gasteiger partial charge in [-0.3, -0.25) is 14.2 Å². The molecule has 0 bridgehead atoms. The van der Waals surface area contributed by atoms with Gasteiger partial charge in [0.1, 0.15) is 0 Å². The summed E-state index contributed by atoms with van der Waals surface area (Å²) in [6.45, 7) is 3.64. The van der Waals surface area contributed by atoms with Crippen molar-refractivity contribution in [1.29, 1.82) is 0 Å². The van der Waals surface area contributed by atoms with Crippen molar-refractivity contribution in [2.75, 3.05) is 13.1 Å². The molecule has 180 valence electrons. The van der Waals surface area contributed by atoms with Gasteiger partial charge in [-0.1, -0.05) is 25.8 Å². The maximum Gasteiger partial charge on any atom is 0.389 e. The third-order valence-corrected chi connectivity index (χ3v) is 7.52. The fraction of sp³-hybridized carbons (Fsp3) is 0.625. The molecule has 1 saturated heterocycles. The van der Waals surface area contributed by atoms with Crippen molar-refractivity contribution in [3.8, 4) is 0 Å². The first kappa shape index (κ1) is 23.7. The maximum absolute atomic E-state index is 13.1. The highest BCUT2D eigenvalue weighted by molar-refractivity contribution is 5.79. The minimum Gasteiger partial charge on any atom is -0.387 e. The van der Waals surface area contributed by atoms with Crippen LogP contribution in [0.4, 0.5) is 13.2 Å². The predicted molar refractivity (Wildman–Crippen MR) is 118 cm³/mol. The van der Waals surface area contributed by atoms with E-state index >= 15 is 0 Å². The quantitative estimate of drug-likeness (QED) is 0.745. The van der Waals surface area contributed by atoms with Gasteiger partial charge in [-0.15, -0.1) is 0 Å². The highest BCUT2D eigenvalue weighted by atomic mass is 19.4. The molecule has 1 unspecified atom stereocenters. The molecule has 33 heavy (non-hydrogen) atoms. The van der Waals surface area contributed by atoms with Crippen LogP contribution in [0.3, 0.4) is 0 Å². The molecule has 2 heterocycles. The zero-order valence-electron chi connectivity index (χ0n) is 19.0. The van der Waals surface area contributed by atoms with E-state index in [1.54, 1.807) is 6.07 Å². The fourth-order valence-electron chi connectivity index (χ4n) is 5.70. The third kappa shape index (κ3) is 4.52. The lowest BCUT2D eigenvalue weighted by Crippen LogP contribution is -2.62. The molecule has 6 nitrogen and oxygen atoms in total. The number of nitrogens with zero attached hydrogens (tertiary/aromatic N) is 3. The lowest BCUT2D eigenvalue weighted by Gasteiger charge is -2.52. The summed E-state index contributed by atoms with van der Waals surface area (Å²) in [6.07, 6.45) is -0.842. The fourth-order valence-corrected chi connectivity index (χ4v) is 5.70. The minimum atomic E-state index is -4.40. The average molecular weight is 466 g/mol. The van der Waals surface area contributed by atoms with Gasteiger partial charge in [-0.05, 0) is 43.9 Å². The van der Waals surface area contributed by atoms with Crippen molar-refractivity contribution in [3.05, 3.63) is 40.4 Å². The van der Waals surface area contributed by atoms with Gasteiger partial charge in [0.05, 0.1) is 35.8 Å². The number of halogens is 3. The molecule has 1 N–H and O–H groups in total. The number of fused-ring (bicyclic) bond motifs is 1. The first-order valence-electron chi connectivity index (χ1n) is 11.5. The van der Waals surface area contributed by atoms with E-state index in [9.17, 15) is 27.9 Å².